The smallest absolute Gasteiger partial charge is 0.353 e. The average molecular weight is 537 g/mol. The Bertz CT molecular complexity index is 1450. The Morgan fingerprint density at radius 3 is 2.46 bits per heavy atom. The molecule has 2 aromatic heterocycles. The van der Waals surface area contributed by atoms with Crippen molar-refractivity contribution in [1.82, 2.24) is 30.1 Å². The molecule has 1 amide bonds. The number of amides is 1. The van der Waals surface area contributed by atoms with Crippen molar-refractivity contribution in [3.63, 3.8) is 0 Å². The maximum Gasteiger partial charge on any atom is 0.403 e. The van der Waals surface area contributed by atoms with Crippen molar-refractivity contribution in [2.24, 2.45) is 12.5 Å². The molecule has 202 valence electrons. The first kappa shape index (κ1) is 25.2. The number of nitrogens with one attached hydrogen (secondary N) is 1. The molecule has 1 atom stereocenters. The number of nitrogens with zero attached hydrogens (tertiary/aromatic N) is 7. The summed E-state index contributed by atoms with van der Waals surface area (Å²) in [6, 6.07) is 5.98. The highest BCUT2D eigenvalue weighted by molar-refractivity contribution is 5.93. The molecular formula is C27H27F3N8O. The number of hydrogen-bond acceptors (Lipinski definition) is 7. The van der Waals surface area contributed by atoms with Gasteiger partial charge in [0.15, 0.2) is 0 Å². The lowest BCUT2D eigenvalue weighted by Gasteiger charge is -2.37. The van der Waals surface area contributed by atoms with Crippen LogP contribution in [0.3, 0.4) is 0 Å². The first-order valence-corrected chi connectivity index (χ1v) is 12.8. The van der Waals surface area contributed by atoms with Crippen LogP contribution in [0, 0.1) is 16.7 Å². The number of alkyl halides is 3. The Hall–Kier alpha value is -4.11. The summed E-state index contributed by atoms with van der Waals surface area (Å²) in [4.78, 5) is 20.6. The van der Waals surface area contributed by atoms with Gasteiger partial charge in [0, 0.05) is 74.1 Å². The van der Waals surface area contributed by atoms with Gasteiger partial charge in [-0.25, -0.2) is 10.4 Å². The second-order valence-electron chi connectivity index (χ2n) is 10.4. The van der Waals surface area contributed by atoms with Gasteiger partial charge in [-0.3, -0.25) is 14.5 Å². The van der Waals surface area contributed by atoms with Crippen LogP contribution >= 0.6 is 0 Å². The zero-order valence-electron chi connectivity index (χ0n) is 21.5. The molecule has 1 aliphatic carbocycles. The van der Waals surface area contributed by atoms with Crippen molar-refractivity contribution >= 4 is 22.9 Å². The zero-order chi connectivity index (χ0) is 27.5. The van der Waals surface area contributed by atoms with Gasteiger partial charge in [0.2, 0.25) is 5.91 Å². The van der Waals surface area contributed by atoms with Crippen molar-refractivity contribution in [3.05, 3.63) is 65.4 Å². The summed E-state index contributed by atoms with van der Waals surface area (Å²) >= 11 is 0. The van der Waals surface area contributed by atoms with Crippen molar-refractivity contribution < 1.29 is 18.0 Å². The van der Waals surface area contributed by atoms with Crippen LogP contribution in [0.5, 0.6) is 0 Å². The molecule has 0 spiro atoms. The highest BCUT2D eigenvalue weighted by Crippen LogP contribution is 2.58. The third-order valence-corrected chi connectivity index (χ3v) is 7.90. The quantitative estimate of drug-likeness (QED) is 0.642. The summed E-state index contributed by atoms with van der Waals surface area (Å²) in [5.41, 5.74) is 6.09. The Balaban J connectivity index is 1.22. The van der Waals surface area contributed by atoms with E-state index in [1.165, 1.54) is 4.90 Å². The molecule has 5 heterocycles. The fourth-order valence-electron chi connectivity index (χ4n) is 5.46. The van der Waals surface area contributed by atoms with Gasteiger partial charge in [-0.15, -0.1) is 0 Å². The molecule has 4 aliphatic rings. The van der Waals surface area contributed by atoms with Gasteiger partial charge in [-0.05, 0) is 38.0 Å². The highest BCUT2D eigenvalue weighted by Gasteiger charge is 2.69. The van der Waals surface area contributed by atoms with Crippen molar-refractivity contribution in [2.45, 2.75) is 32.0 Å². The van der Waals surface area contributed by atoms with E-state index in [-0.39, 0.29) is 32.0 Å². The van der Waals surface area contributed by atoms with Crippen LogP contribution in [0.25, 0.3) is 11.1 Å². The average Bonchev–Trinajstić information content (AvgIpc) is 3.54. The first-order chi connectivity index (χ1) is 18.6. The lowest BCUT2D eigenvalue weighted by atomic mass is 9.93. The predicted molar refractivity (Wildman–Crippen MR) is 137 cm³/mol. The lowest BCUT2D eigenvalue weighted by Crippen LogP contribution is -2.53. The van der Waals surface area contributed by atoms with Gasteiger partial charge in [-0.2, -0.15) is 23.5 Å². The molecule has 12 heteroatoms. The summed E-state index contributed by atoms with van der Waals surface area (Å²) < 4.78 is 41.9. The number of piperazine rings is 1. The Morgan fingerprint density at radius 1 is 1.15 bits per heavy atom. The van der Waals surface area contributed by atoms with Gasteiger partial charge >= 0.3 is 6.18 Å². The van der Waals surface area contributed by atoms with E-state index in [0.29, 0.717) is 24.5 Å². The van der Waals surface area contributed by atoms with E-state index in [0.717, 1.165) is 28.0 Å². The standard InChI is InChI=1S/C27H27F3N8O/c1-17-22(12-31)24-21(11-19(16-38(24)34-17)20-14-33-35(2)15-20)18-3-4-23(32-13-18)36-7-9-37(10-8-36)25(39)26(5-6-26)27(28,29)30/h3-4,11,13-17,34H,5-10H2,1-2H3. The van der Waals surface area contributed by atoms with E-state index in [4.69, 9.17) is 0 Å². The van der Waals surface area contributed by atoms with Crippen LogP contribution in [-0.4, -0.2) is 69.0 Å². The van der Waals surface area contributed by atoms with Crippen LogP contribution in [0.1, 0.15) is 30.9 Å². The van der Waals surface area contributed by atoms with Gasteiger partial charge in [0.1, 0.15) is 11.2 Å². The Kier molecular flexibility index (Phi) is 5.80. The number of allylic oxidation sites excluding steroid dienone is 3. The molecule has 2 aromatic rings. The van der Waals surface area contributed by atoms with Crippen LogP contribution < -0.4 is 10.3 Å². The third-order valence-electron chi connectivity index (χ3n) is 7.90. The molecule has 0 radical (unpaired) electrons. The number of nitriles is 1. The van der Waals surface area contributed by atoms with Gasteiger partial charge < -0.3 is 9.80 Å². The molecule has 2 fully saturated rings. The molecule has 0 bridgehead atoms. The van der Waals surface area contributed by atoms with E-state index < -0.39 is 17.5 Å². The summed E-state index contributed by atoms with van der Waals surface area (Å²) in [5, 5.41) is 16.0. The lowest BCUT2D eigenvalue weighted by molar-refractivity contribution is -0.198. The van der Waals surface area contributed by atoms with Crippen molar-refractivity contribution in [3.8, 4) is 6.07 Å². The molecule has 1 saturated carbocycles. The number of aryl methyl sites for hydroxylation is 1. The molecule has 1 unspecified atom stereocenters. The second kappa shape index (κ2) is 8.98. The van der Waals surface area contributed by atoms with Crippen molar-refractivity contribution in [1.29, 1.82) is 5.26 Å². The number of hydrazine groups is 1. The van der Waals surface area contributed by atoms with E-state index in [1.54, 1.807) is 17.1 Å². The normalized spacial score (nSPS) is 22.4. The van der Waals surface area contributed by atoms with Crippen LogP contribution in [0.15, 0.2) is 54.3 Å². The van der Waals surface area contributed by atoms with E-state index >= 15 is 0 Å². The third kappa shape index (κ3) is 4.17. The van der Waals surface area contributed by atoms with Gasteiger partial charge in [-0.1, -0.05) is 0 Å². The second-order valence-corrected chi connectivity index (χ2v) is 10.4. The molecule has 0 aromatic carbocycles. The minimum atomic E-state index is -4.50. The Labute approximate surface area is 223 Å². The molecule has 6 rings (SSSR count). The maximum atomic E-state index is 13.4. The summed E-state index contributed by atoms with van der Waals surface area (Å²) in [5.74, 6) is -0.114. The largest absolute Gasteiger partial charge is 0.403 e. The fourth-order valence-corrected chi connectivity index (χ4v) is 5.46. The minimum Gasteiger partial charge on any atom is -0.353 e. The SMILES string of the molecule is CC1NN2C=C(c3cnn(C)c3)C=C(c3ccc(N4CCN(C(=O)C5(C(F)(F)F)CC5)CC4)nc3)C2=C1C#N. The number of pyridine rings is 1. The molecular weight excluding hydrogens is 509 g/mol. The fraction of sp³-hybridized carbons (Fsp3) is 0.407. The van der Waals surface area contributed by atoms with Gasteiger partial charge in [0.25, 0.3) is 0 Å². The maximum absolute atomic E-state index is 13.4. The molecule has 1 saturated heterocycles. The van der Waals surface area contributed by atoms with Gasteiger partial charge in [0.05, 0.1) is 29.6 Å². The number of aromatic nitrogens is 3. The molecule has 1 N–H and O–H groups in total. The topological polar surface area (TPSA) is 93.3 Å². The van der Waals surface area contributed by atoms with E-state index in [2.05, 4.69) is 21.6 Å². The number of fused-ring (bicyclic) bond motifs is 1. The molecule has 39 heavy (non-hydrogen) atoms. The molecule has 9 nitrogen and oxygen atoms in total. The summed E-state index contributed by atoms with van der Waals surface area (Å²) in [6.45, 7) is 3.19. The first-order valence-electron chi connectivity index (χ1n) is 12.8. The van der Waals surface area contributed by atoms with E-state index in [1.807, 2.05) is 54.5 Å². The number of rotatable bonds is 4. The number of halogens is 3. The van der Waals surface area contributed by atoms with Crippen LogP contribution in [0.2, 0.25) is 0 Å². The highest BCUT2D eigenvalue weighted by atomic mass is 19.4. The van der Waals surface area contributed by atoms with Crippen LogP contribution in [-0.2, 0) is 11.8 Å². The monoisotopic (exact) mass is 536 g/mol. The Morgan fingerprint density at radius 2 is 1.90 bits per heavy atom. The number of carbonyl (C=O) groups excluding carboxylic acids is 1. The number of anilines is 1. The zero-order valence-corrected chi connectivity index (χ0v) is 21.5. The summed E-state index contributed by atoms with van der Waals surface area (Å²) in [6.07, 6.45) is 4.68. The predicted octanol–water partition coefficient (Wildman–Crippen LogP) is 3.23. The molecule has 3 aliphatic heterocycles. The van der Waals surface area contributed by atoms with E-state index in [9.17, 15) is 23.2 Å². The minimum absolute atomic E-state index is 0.123. The van der Waals surface area contributed by atoms with Crippen LogP contribution in [0.4, 0.5) is 19.0 Å². The number of carbonyl (C=O) groups is 1. The number of hydrogen-bond donors (Lipinski definition) is 1. The van der Waals surface area contributed by atoms with Crippen molar-refractivity contribution in [2.75, 3.05) is 31.1 Å². The summed E-state index contributed by atoms with van der Waals surface area (Å²) in [7, 11) is 1.85.